The summed E-state index contributed by atoms with van der Waals surface area (Å²) in [7, 11) is 0. The molecule has 1 atom stereocenters. The molecule has 6 nitrogen and oxygen atoms in total. The van der Waals surface area contributed by atoms with Crippen LogP contribution >= 0.6 is 0 Å². The summed E-state index contributed by atoms with van der Waals surface area (Å²) in [5, 5.41) is 3.33. The molecular weight excluding hydrogens is 380 g/mol. The second-order valence-corrected chi connectivity index (χ2v) is 7.67. The summed E-state index contributed by atoms with van der Waals surface area (Å²) in [5.74, 6) is -0.852. The first-order valence-electron chi connectivity index (χ1n) is 10.2. The van der Waals surface area contributed by atoms with Gasteiger partial charge in [0.2, 0.25) is 5.43 Å². The Hall–Kier alpha value is -3.41. The number of nitrogens with zero attached hydrogens (tertiary/aromatic N) is 1. The number of esters is 1. The van der Waals surface area contributed by atoms with Gasteiger partial charge in [0.25, 0.3) is 5.91 Å². The van der Waals surface area contributed by atoms with Gasteiger partial charge in [-0.1, -0.05) is 25.5 Å². The average molecular weight is 404 g/mol. The molecule has 6 heteroatoms. The van der Waals surface area contributed by atoms with Gasteiger partial charge in [-0.05, 0) is 55.7 Å². The number of anilines is 1. The average Bonchev–Trinajstić information content (AvgIpc) is 3.07. The molecule has 0 spiro atoms. The summed E-state index contributed by atoms with van der Waals surface area (Å²) in [6.07, 6.45) is 4.27. The Kier molecular flexibility index (Phi) is 5.40. The van der Waals surface area contributed by atoms with Gasteiger partial charge in [0.05, 0.1) is 17.7 Å². The first kappa shape index (κ1) is 19.9. The first-order valence-corrected chi connectivity index (χ1v) is 10.2. The van der Waals surface area contributed by atoms with E-state index in [4.69, 9.17) is 4.74 Å². The third-order valence-corrected chi connectivity index (χ3v) is 5.48. The molecule has 3 aromatic rings. The minimum absolute atomic E-state index is 0.108. The highest BCUT2D eigenvalue weighted by molar-refractivity contribution is 6.06. The van der Waals surface area contributed by atoms with Crippen LogP contribution in [0.4, 0.5) is 5.69 Å². The highest BCUT2D eigenvalue weighted by Crippen LogP contribution is 2.31. The van der Waals surface area contributed by atoms with Crippen molar-refractivity contribution in [2.75, 3.05) is 11.9 Å². The van der Waals surface area contributed by atoms with Crippen molar-refractivity contribution in [1.82, 2.24) is 4.57 Å². The summed E-state index contributed by atoms with van der Waals surface area (Å²) >= 11 is 0. The van der Waals surface area contributed by atoms with E-state index >= 15 is 0 Å². The lowest BCUT2D eigenvalue weighted by Gasteiger charge is -2.13. The molecular formula is C24H24N2O4. The van der Waals surface area contributed by atoms with Crippen LogP contribution in [0, 0.1) is 0 Å². The van der Waals surface area contributed by atoms with Crippen LogP contribution in [0.25, 0.3) is 10.9 Å². The third kappa shape index (κ3) is 3.61. The Bertz CT molecular complexity index is 1180. The van der Waals surface area contributed by atoms with Crippen molar-refractivity contribution in [1.29, 1.82) is 0 Å². The molecule has 0 bridgehead atoms. The van der Waals surface area contributed by atoms with Crippen molar-refractivity contribution in [2.45, 2.75) is 39.2 Å². The summed E-state index contributed by atoms with van der Waals surface area (Å²) < 4.78 is 7.20. The van der Waals surface area contributed by atoms with E-state index < -0.39 is 5.91 Å². The highest BCUT2D eigenvalue weighted by Gasteiger charge is 2.24. The number of rotatable bonds is 6. The zero-order valence-corrected chi connectivity index (χ0v) is 17.1. The van der Waals surface area contributed by atoms with Crippen molar-refractivity contribution in [3.63, 3.8) is 0 Å². The molecule has 0 saturated heterocycles. The summed E-state index contributed by atoms with van der Waals surface area (Å²) in [6.45, 7) is 4.49. The van der Waals surface area contributed by atoms with E-state index in [1.807, 2.05) is 23.6 Å². The number of hydrogen-bond acceptors (Lipinski definition) is 4. The summed E-state index contributed by atoms with van der Waals surface area (Å²) in [4.78, 5) is 37.8. The maximum absolute atomic E-state index is 12.9. The predicted octanol–water partition coefficient (Wildman–Crippen LogP) is 4.33. The fourth-order valence-corrected chi connectivity index (χ4v) is 3.86. The molecule has 1 amide bonds. The van der Waals surface area contributed by atoms with Crippen LogP contribution in [0.1, 0.15) is 59.0 Å². The van der Waals surface area contributed by atoms with E-state index in [2.05, 4.69) is 12.2 Å². The van der Waals surface area contributed by atoms with E-state index in [1.165, 1.54) is 0 Å². The maximum atomic E-state index is 12.9. The molecule has 154 valence electrons. The Morgan fingerprint density at radius 1 is 1.17 bits per heavy atom. The highest BCUT2D eigenvalue weighted by atomic mass is 16.5. The Morgan fingerprint density at radius 2 is 1.93 bits per heavy atom. The van der Waals surface area contributed by atoms with Crippen molar-refractivity contribution >= 4 is 28.5 Å². The van der Waals surface area contributed by atoms with Gasteiger partial charge in [-0.25, -0.2) is 4.79 Å². The number of unbranched alkanes of at least 4 members (excludes halogenated alkanes) is 1. The molecule has 2 heterocycles. The number of para-hydroxylation sites is 1. The zero-order valence-electron chi connectivity index (χ0n) is 17.1. The standard InChI is InChI=1S/C24H24N2O4/c1-3-4-12-30-24(29)16-8-10-18(11-9-16)25-23(28)20-14-26-15(2)13-17-6-5-7-19(21(17)26)22(20)27/h5-11,14-15H,3-4,12-13H2,1-2H3,(H,25,28). The van der Waals surface area contributed by atoms with E-state index in [1.54, 1.807) is 36.5 Å². The van der Waals surface area contributed by atoms with Gasteiger partial charge in [-0.15, -0.1) is 0 Å². The Morgan fingerprint density at radius 3 is 2.67 bits per heavy atom. The molecule has 0 fully saturated rings. The fourth-order valence-electron chi connectivity index (χ4n) is 3.86. The van der Waals surface area contributed by atoms with E-state index in [0.29, 0.717) is 23.2 Å². The van der Waals surface area contributed by atoms with E-state index in [-0.39, 0.29) is 23.0 Å². The monoisotopic (exact) mass is 404 g/mol. The largest absolute Gasteiger partial charge is 0.462 e. The van der Waals surface area contributed by atoms with Gasteiger partial charge in [0.1, 0.15) is 5.56 Å². The molecule has 0 radical (unpaired) electrons. The van der Waals surface area contributed by atoms with Gasteiger partial charge in [0, 0.05) is 23.3 Å². The molecule has 1 aliphatic rings. The normalized spacial score (nSPS) is 14.7. The number of nitrogens with one attached hydrogen (secondary N) is 1. The fraction of sp³-hybridized carbons (Fsp3) is 0.292. The molecule has 1 aromatic heterocycles. The number of carbonyl (C=O) groups excluding carboxylic acids is 2. The van der Waals surface area contributed by atoms with Crippen molar-refractivity contribution < 1.29 is 14.3 Å². The van der Waals surface area contributed by atoms with E-state index in [0.717, 1.165) is 30.3 Å². The van der Waals surface area contributed by atoms with Crippen molar-refractivity contribution in [2.24, 2.45) is 0 Å². The zero-order chi connectivity index (χ0) is 21.3. The number of benzene rings is 2. The van der Waals surface area contributed by atoms with Crippen LogP contribution in [0.15, 0.2) is 53.5 Å². The van der Waals surface area contributed by atoms with E-state index in [9.17, 15) is 14.4 Å². The number of pyridine rings is 1. The van der Waals surface area contributed by atoms with Gasteiger partial charge in [0.15, 0.2) is 0 Å². The summed E-state index contributed by atoms with van der Waals surface area (Å²) in [5.41, 5.74) is 2.81. The lowest BCUT2D eigenvalue weighted by molar-refractivity contribution is 0.0499. The molecule has 0 saturated carbocycles. The van der Waals surface area contributed by atoms with Gasteiger partial charge in [-0.3, -0.25) is 9.59 Å². The van der Waals surface area contributed by atoms with Crippen LogP contribution in [-0.2, 0) is 11.2 Å². The smallest absolute Gasteiger partial charge is 0.338 e. The number of carbonyl (C=O) groups is 2. The first-order chi connectivity index (χ1) is 14.5. The second kappa shape index (κ2) is 8.14. The van der Waals surface area contributed by atoms with Crippen LogP contribution in [0.2, 0.25) is 0 Å². The molecule has 1 aliphatic heterocycles. The van der Waals surface area contributed by atoms with Gasteiger partial charge < -0.3 is 14.6 Å². The molecule has 1 N–H and O–H groups in total. The van der Waals surface area contributed by atoms with Crippen LogP contribution in [-0.4, -0.2) is 23.1 Å². The number of aromatic nitrogens is 1. The lowest BCUT2D eigenvalue weighted by atomic mass is 10.1. The quantitative estimate of drug-likeness (QED) is 0.490. The van der Waals surface area contributed by atoms with Crippen LogP contribution in [0.5, 0.6) is 0 Å². The van der Waals surface area contributed by atoms with Gasteiger partial charge >= 0.3 is 5.97 Å². The maximum Gasteiger partial charge on any atom is 0.338 e. The Labute approximate surface area is 174 Å². The SMILES string of the molecule is CCCCOC(=O)c1ccc(NC(=O)c2cn3c4c(cccc4c2=O)CC3C)cc1. The minimum atomic E-state index is -0.464. The molecule has 2 aromatic carbocycles. The Balaban J connectivity index is 1.55. The van der Waals surface area contributed by atoms with Crippen LogP contribution in [0.3, 0.4) is 0 Å². The number of ether oxygens (including phenoxy) is 1. The van der Waals surface area contributed by atoms with Crippen molar-refractivity contribution in [3.05, 3.63) is 75.6 Å². The molecule has 30 heavy (non-hydrogen) atoms. The molecule has 1 unspecified atom stereocenters. The summed E-state index contributed by atoms with van der Waals surface area (Å²) in [6, 6.07) is 12.3. The third-order valence-electron chi connectivity index (χ3n) is 5.48. The second-order valence-electron chi connectivity index (χ2n) is 7.67. The van der Waals surface area contributed by atoms with Crippen molar-refractivity contribution in [3.8, 4) is 0 Å². The topological polar surface area (TPSA) is 77.4 Å². The minimum Gasteiger partial charge on any atom is -0.462 e. The number of hydrogen-bond donors (Lipinski definition) is 1. The van der Waals surface area contributed by atoms with Crippen LogP contribution < -0.4 is 10.7 Å². The molecule has 4 rings (SSSR count). The lowest BCUT2D eigenvalue weighted by Crippen LogP contribution is -2.23. The number of amides is 1. The predicted molar refractivity (Wildman–Crippen MR) is 116 cm³/mol. The molecule has 0 aliphatic carbocycles. The van der Waals surface area contributed by atoms with Gasteiger partial charge in [-0.2, -0.15) is 0 Å².